The van der Waals surface area contributed by atoms with Crippen molar-refractivity contribution in [3.05, 3.63) is 29.3 Å². The molecule has 0 radical (unpaired) electrons. The molecule has 0 bridgehead atoms. The van der Waals surface area contributed by atoms with E-state index in [0.29, 0.717) is 5.56 Å². The number of hydrogen-bond acceptors (Lipinski definition) is 2. The Bertz CT molecular complexity index is 397. The molecule has 0 aromatic heterocycles. The summed E-state index contributed by atoms with van der Waals surface area (Å²) in [7, 11) is 0. The zero-order valence-corrected chi connectivity index (χ0v) is 9.13. The van der Waals surface area contributed by atoms with Crippen molar-refractivity contribution >= 4 is 0 Å². The molecule has 5 heteroatoms. The molecule has 17 heavy (non-hydrogen) atoms. The number of aliphatic hydroxyl groups excluding tert-OH is 1. The lowest BCUT2D eigenvalue weighted by atomic mass is 10.1. The second-order valence-electron chi connectivity index (χ2n) is 4.21. The van der Waals surface area contributed by atoms with E-state index in [1.807, 2.05) is 0 Å². The standard InChI is InChI=1S/C12H13F3O2/c13-12(14,15)7-17-11-4-1-8(6-16)5-10(11)9-2-3-9/h1,4-5,9,16H,2-3,6-7H2. The number of rotatable bonds is 4. The fourth-order valence-corrected chi connectivity index (χ4v) is 1.70. The first-order valence-electron chi connectivity index (χ1n) is 5.43. The van der Waals surface area contributed by atoms with Crippen molar-refractivity contribution in [2.24, 2.45) is 0 Å². The van der Waals surface area contributed by atoms with Gasteiger partial charge in [0.05, 0.1) is 6.61 Å². The highest BCUT2D eigenvalue weighted by Gasteiger charge is 2.31. The summed E-state index contributed by atoms with van der Waals surface area (Å²) in [5.74, 6) is 0.562. The van der Waals surface area contributed by atoms with Gasteiger partial charge in [-0.2, -0.15) is 13.2 Å². The van der Waals surface area contributed by atoms with Crippen LogP contribution in [0.5, 0.6) is 5.75 Å². The van der Waals surface area contributed by atoms with E-state index in [1.165, 1.54) is 6.07 Å². The molecule has 0 atom stereocenters. The molecule has 1 fully saturated rings. The molecule has 2 nitrogen and oxygen atoms in total. The van der Waals surface area contributed by atoms with Gasteiger partial charge in [0, 0.05) is 0 Å². The Morgan fingerprint density at radius 1 is 1.29 bits per heavy atom. The SMILES string of the molecule is OCc1ccc(OCC(F)(F)F)c(C2CC2)c1. The van der Waals surface area contributed by atoms with Crippen molar-refractivity contribution in [3.8, 4) is 5.75 Å². The van der Waals surface area contributed by atoms with E-state index < -0.39 is 12.8 Å². The molecule has 1 aromatic carbocycles. The van der Waals surface area contributed by atoms with Gasteiger partial charge < -0.3 is 9.84 Å². The smallest absolute Gasteiger partial charge is 0.422 e. The van der Waals surface area contributed by atoms with Crippen LogP contribution in [0.25, 0.3) is 0 Å². The second-order valence-corrected chi connectivity index (χ2v) is 4.21. The Hall–Kier alpha value is -1.23. The van der Waals surface area contributed by atoms with Gasteiger partial charge in [-0.15, -0.1) is 0 Å². The van der Waals surface area contributed by atoms with Crippen molar-refractivity contribution in [1.29, 1.82) is 0 Å². The summed E-state index contributed by atoms with van der Waals surface area (Å²) in [6.07, 6.45) is -2.38. The molecule has 2 rings (SSSR count). The highest BCUT2D eigenvalue weighted by Crippen LogP contribution is 2.44. The van der Waals surface area contributed by atoms with Crippen molar-refractivity contribution < 1.29 is 23.0 Å². The lowest BCUT2D eigenvalue weighted by Crippen LogP contribution is -2.19. The van der Waals surface area contributed by atoms with Gasteiger partial charge in [0.1, 0.15) is 5.75 Å². The minimum Gasteiger partial charge on any atom is -0.484 e. The maximum absolute atomic E-state index is 12.1. The summed E-state index contributed by atoms with van der Waals surface area (Å²) in [6.45, 7) is -1.38. The van der Waals surface area contributed by atoms with E-state index in [9.17, 15) is 13.2 Å². The van der Waals surface area contributed by atoms with Crippen LogP contribution in [0.2, 0.25) is 0 Å². The van der Waals surface area contributed by atoms with Crippen LogP contribution in [-0.2, 0) is 6.61 Å². The maximum Gasteiger partial charge on any atom is 0.422 e. The van der Waals surface area contributed by atoms with Crippen LogP contribution in [-0.4, -0.2) is 17.9 Å². The zero-order chi connectivity index (χ0) is 12.5. The van der Waals surface area contributed by atoms with Gasteiger partial charge in [-0.3, -0.25) is 0 Å². The van der Waals surface area contributed by atoms with E-state index in [2.05, 4.69) is 0 Å². The van der Waals surface area contributed by atoms with E-state index in [1.54, 1.807) is 12.1 Å². The molecule has 0 amide bonds. The first kappa shape index (κ1) is 12.2. The van der Waals surface area contributed by atoms with E-state index in [4.69, 9.17) is 9.84 Å². The van der Waals surface area contributed by atoms with Crippen LogP contribution in [0, 0.1) is 0 Å². The molecular formula is C12H13F3O2. The minimum absolute atomic E-state index is 0.112. The maximum atomic E-state index is 12.1. The lowest BCUT2D eigenvalue weighted by Gasteiger charge is -2.13. The summed E-state index contributed by atoms with van der Waals surface area (Å²) in [5.41, 5.74) is 1.48. The van der Waals surface area contributed by atoms with Crippen molar-refractivity contribution in [2.45, 2.75) is 31.5 Å². The molecule has 0 spiro atoms. The average Bonchev–Trinajstić information content (AvgIpc) is 3.09. The summed E-state index contributed by atoms with van der Waals surface area (Å²) < 4.78 is 41.0. The third-order valence-electron chi connectivity index (χ3n) is 2.67. The third-order valence-corrected chi connectivity index (χ3v) is 2.67. The fraction of sp³-hybridized carbons (Fsp3) is 0.500. The summed E-state index contributed by atoms with van der Waals surface area (Å²) in [4.78, 5) is 0. The molecule has 0 saturated heterocycles. The molecule has 0 aliphatic heterocycles. The Kier molecular flexibility index (Phi) is 3.28. The number of hydrogen-bond donors (Lipinski definition) is 1. The average molecular weight is 246 g/mol. The van der Waals surface area contributed by atoms with Crippen LogP contribution < -0.4 is 4.74 Å². The Labute approximate surface area is 97.0 Å². The molecule has 94 valence electrons. The van der Waals surface area contributed by atoms with Crippen LogP contribution in [0.4, 0.5) is 13.2 Å². The Balaban J connectivity index is 2.15. The molecule has 1 N–H and O–H groups in total. The number of aliphatic hydroxyl groups is 1. The number of halogens is 3. The molecule has 0 heterocycles. The van der Waals surface area contributed by atoms with Crippen molar-refractivity contribution in [3.63, 3.8) is 0 Å². The normalized spacial score (nSPS) is 16.0. The van der Waals surface area contributed by atoms with Gasteiger partial charge in [0.15, 0.2) is 6.61 Å². The van der Waals surface area contributed by atoms with E-state index in [0.717, 1.165) is 18.4 Å². The molecule has 1 aliphatic rings. The topological polar surface area (TPSA) is 29.5 Å². The molecule has 0 unspecified atom stereocenters. The molecular weight excluding hydrogens is 233 g/mol. The fourth-order valence-electron chi connectivity index (χ4n) is 1.70. The van der Waals surface area contributed by atoms with Gasteiger partial charge in [0.2, 0.25) is 0 Å². The first-order chi connectivity index (χ1) is 7.99. The Morgan fingerprint density at radius 3 is 2.53 bits per heavy atom. The second kappa shape index (κ2) is 4.56. The first-order valence-corrected chi connectivity index (χ1v) is 5.43. The van der Waals surface area contributed by atoms with Crippen molar-refractivity contribution in [1.82, 2.24) is 0 Å². The number of alkyl halides is 3. The van der Waals surface area contributed by atoms with Crippen molar-refractivity contribution in [2.75, 3.05) is 6.61 Å². The monoisotopic (exact) mass is 246 g/mol. The van der Waals surface area contributed by atoms with E-state index in [-0.39, 0.29) is 18.3 Å². The lowest BCUT2D eigenvalue weighted by molar-refractivity contribution is -0.153. The predicted octanol–water partition coefficient (Wildman–Crippen LogP) is 3.00. The largest absolute Gasteiger partial charge is 0.484 e. The van der Waals surface area contributed by atoms with Crippen LogP contribution >= 0.6 is 0 Å². The van der Waals surface area contributed by atoms with Crippen LogP contribution in [0.1, 0.15) is 29.9 Å². The molecule has 1 aliphatic carbocycles. The zero-order valence-electron chi connectivity index (χ0n) is 9.13. The van der Waals surface area contributed by atoms with Crippen LogP contribution in [0.3, 0.4) is 0 Å². The van der Waals surface area contributed by atoms with Gasteiger partial charge in [-0.1, -0.05) is 6.07 Å². The quantitative estimate of drug-likeness (QED) is 0.884. The highest BCUT2D eigenvalue weighted by atomic mass is 19.4. The Morgan fingerprint density at radius 2 is 2.00 bits per heavy atom. The van der Waals surface area contributed by atoms with Gasteiger partial charge in [-0.25, -0.2) is 0 Å². The van der Waals surface area contributed by atoms with Gasteiger partial charge in [-0.05, 0) is 42.0 Å². The van der Waals surface area contributed by atoms with E-state index >= 15 is 0 Å². The summed E-state index contributed by atoms with van der Waals surface area (Å²) in [6, 6.07) is 4.81. The number of benzene rings is 1. The van der Waals surface area contributed by atoms with Crippen LogP contribution in [0.15, 0.2) is 18.2 Å². The summed E-state index contributed by atoms with van der Waals surface area (Å²) >= 11 is 0. The molecule has 1 saturated carbocycles. The minimum atomic E-state index is -4.32. The third kappa shape index (κ3) is 3.36. The van der Waals surface area contributed by atoms with Gasteiger partial charge in [0.25, 0.3) is 0 Å². The van der Waals surface area contributed by atoms with Gasteiger partial charge >= 0.3 is 6.18 Å². The predicted molar refractivity (Wildman–Crippen MR) is 55.9 cm³/mol. The highest BCUT2D eigenvalue weighted by molar-refractivity contribution is 5.41. The number of ether oxygens (including phenoxy) is 1. The summed E-state index contributed by atoms with van der Waals surface area (Å²) in [5, 5.41) is 8.99. The molecule has 1 aromatic rings.